The van der Waals surface area contributed by atoms with Gasteiger partial charge in [-0.15, -0.1) is 0 Å². The summed E-state index contributed by atoms with van der Waals surface area (Å²) in [5.74, 6) is 0. The molecule has 0 spiro atoms. The molecule has 2 aliphatic rings. The van der Waals surface area contributed by atoms with Crippen LogP contribution in [0.25, 0.3) is 0 Å². The molecule has 2 N–H and O–H groups in total. The van der Waals surface area contributed by atoms with E-state index >= 15 is 0 Å². The molecule has 2 atom stereocenters. The third-order valence-electron chi connectivity index (χ3n) is 4.64. The van der Waals surface area contributed by atoms with Gasteiger partial charge in [0, 0.05) is 31.3 Å². The average Bonchev–Trinajstić information content (AvgIpc) is 2.74. The minimum absolute atomic E-state index is 0.0356. The molecule has 0 radical (unpaired) electrons. The van der Waals surface area contributed by atoms with Crippen LogP contribution in [0.15, 0.2) is 0 Å². The maximum Gasteiger partial charge on any atom is 0.0613 e. The highest BCUT2D eigenvalue weighted by atomic mass is 16.5. The fraction of sp³-hybridized carbons (Fsp3) is 1.00. The zero-order valence-corrected chi connectivity index (χ0v) is 12.4. The molecule has 0 aromatic carbocycles. The summed E-state index contributed by atoms with van der Waals surface area (Å²) in [6.07, 6.45) is 6.97. The molecule has 0 aromatic rings. The van der Waals surface area contributed by atoms with Crippen molar-refractivity contribution in [1.82, 2.24) is 10.2 Å². The molecule has 1 heterocycles. The van der Waals surface area contributed by atoms with Gasteiger partial charge in [-0.2, -0.15) is 0 Å². The number of aliphatic hydroxyl groups is 1. The van der Waals surface area contributed by atoms with Gasteiger partial charge in [-0.1, -0.05) is 6.92 Å². The summed E-state index contributed by atoms with van der Waals surface area (Å²) >= 11 is 0. The summed E-state index contributed by atoms with van der Waals surface area (Å²) in [5.41, 5.74) is -0.0356. The lowest BCUT2D eigenvalue weighted by Crippen LogP contribution is -2.56. The van der Waals surface area contributed by atoms with E-state index in [2.05, 4.69) is 17.1 Å². The molecule has 112 valence electrons. The maximum atomic E-state index is 9.83. The van der Waals surface area contributed by atoms with E-state index in [1.54, 1.807) is 0 Å². The van der Waals surface area contributed by atoms with Crippen LogP contribution in [0.3, 0.4) is 0 Å². The van der Waals surface area contributed by atoms with Crippen LogP contribution in [0.4, 0.5) is 0 Å². The van der Waals surface area contributed by atoms with E-state index in [1.807, 2.05) is 0 Å². The van der Waals surface area contributed by atoms with Gasteiger partial charge in [0.1, 0.15) is 0 Å². The zero-order valence-electron chi connectivity index (χ0n) is 12.4. The molecule has 2 fully saturated rings. The largest absolute Gasteiger partial charge is 0.394 e. The second kappa shape index (κ2) is 7.58. The van der Waals surface area contributed by atoms with Crippen molar-refractivity contribution in [2.24, 2.45) is 0 Å². The molecule has 19 heavy (non-hydrogen) atoms. The van der Waals surface area contributed by atoms with E-state index in [1.165, 1.54) is 12.8 Å². The minimum Gasteiger partial charge on any atom is -0.394 e. The van der Waals surface area contributed by atoms with Gasteiger partial charge in [-0.25, -0.2) is 0 Å². The van der Waals surface area contributed by atoms with E-state index in [4.69, 9.17) is 4.74 Å². The fourth-order valence-electron chi connectivity index (χ4n) is 3.52. The molecule has 1 saturated heterocycles. The van der Waals surface area contributed by atoms with Crippen LogP contribution in [0.2, 0.25) is 0 Å². The smallest absolute Gasteiger partial charge is 0.0613 e. The first kappa shape index (κ1) is 15.2. The number of hydrogen-bond acceptors (Lipinski definition) is 4. The Balaban J connectivity index is 1.93. The molecule has 1 saturated carbocycles. The Morgan fingerprint density at radius 3 is 3.00 bits per heavy atom. The quantitative estimate of drug-likeness (QED) is 0.792. The van der Waals surface area contributed by atoms with E-state index < -0.39 is 0 Å². The lowest BCUT2D eigenvalue weighted by Gasteiger charge is -2.44. The second-order valence-electron chi connectivity index (χ2n) is 6.12. The third kappa shape index (κ3) is 4.15. The van der Waals surface area contributed by atoms with E-state index in [9.17, 15) is 5.11 Å². The first-order valence-electron chi connectivity index (χ1n) is 7.97. The van der Waals surface area contributed by atoms with Gasteiger partial charge in [-0.05, 0) is 45.1 Å². The maximum absolute atomic E-state index is 9.83. The van der Waals surface area contributed by atoms with Gasteiger partial charge >= 0.3 is 0 Å². The normalized spacial score (nSPS) is 34.1. The number of nitrogens with one attached hydrogen (secondary N) is 1. The minimum atomic E-state index is -0.0356. The lowest BCUT2D eigenvalue weighted by molar-refractivity contribution is 0.0566. The first-order chi connectivity index (χ1) is 9.29. The summed E-state index contributed by atoms with van der Waals surface area (Å²) in [5, 5.41) is 13.4. The highest BCUT2D eigenvalue weighted by Gasteiger charge is 2.37. The Morgan fingerprint density at radius 2 is 2.21 bits per heavy atom. The summed E-state index contributed by atoms with van der Waals surface area (Å²) in [6, 6.07) is 0.618. The highest BCUT2D eigenvalue weighted by Crippen LogP contribution is 2.31. The summed E-state index contributed by atoms with van der Waals surface area (Å²) in [6.45, 7) is 7.45. The molecule has 0 amide bonds. The number of ether oxygens (including phenoxy) is 1. The van der Waals surface area contributed by atoms with Gasteiger partial charge in [0.15, 0.2) is 0 Å². The van der Waals surface area contributed by atoms with Crippen LogP contribution in [-0.4, -0.2) is 61.0 Å². The van der Waals surface area contributed by atoms with Gasteiger partial charge < -0.3 is 15.2 Å². The van der Waals surface area contributed by atoms with Crippen molar-refractivity contribution >= 4 is 0 Å². The van der Waals surface area contributed by atoms with Crippen LogP contribution in [-0.2, 0) is 4.74 Å². The van der Waals surface area contributed by atoms with Crippen LogP contribution >= 0.6 is 0 Å². The van der Waals surface area contributed by atoms with Crippen molar-refractivity contribution < 1.29 is 9.84 Å². The predicted molar refractivity (Wildman–Crippen MR) is 77.4 cm³/mol. The van der Waals surface area contributed by atoms with Crippen molar-refractivity contribution in [2.45, 2.75) is 57.0 Å². The van der Waals surface area contributed by atoms with E-state index in [0.717, 1.165) is 58.5 Å². The van der Waals surface area contributed by atoms with Crippen LogP contribution in [0.1, 0.15) is 45.4 Å². The van der Waals surface area contributed by atoms with Crippen molar-refractivity contribution in [1.29, 1.82) is 0 Å². The molecule has 1 aliphatic heterocycles. The Bertz CT molecular complexity index is 255. The Kier molecular flexibility index (Phi) is 6.07. The molecular weight excluding hydrogens is 240 g/mol. The standard InChI is InChI=1S/C15H30N2O2/c1-2-7-16-15(13-18)6-3-5-14(12-15)17-8-4-10-19-11-9-17/h14,16,18H,2-13H2,1H3. The third-order valence-corrected chi connectivity index (χ3v) is 4.64. The summed E-state index contributed by atoms with van der Waals surface area (Å²) < 4.78 is 5.55. The SMILES string of the molecule is CCCNC1(CO)CCCC(N2CCCOCC2)C1. The van der Waals surface area contributed by atoms with Crippen molar-refractivity contribution in [2.75, 3.05) is 39.5 Å². The van der Waals surface area contributed by atoms with Gasteiger partial charge in [-0.3, -0.25) is 4.90 Å². The molecule has 0 bridgehead atoms. The molecule has 4 nitrogen and oxygen atoms in total. The molecule has 1 aliphatic carbocycles. The molecule has 4 heteroatoms. The first-order valence-corrected chi connectivity index (χ1v) is 7.97. The van der Waals surface area contributed by atoms with E-state index in [-0.39, 0.29) is 12.1 Å². The van der Waals surface area contributed by atoms with Gasteiger partial charge in [0.2, 0.25) is 0 Å². The number of rotatable bonds is 5. The number of aliphatic hydroxyl groups excluding tert-OH is 1. The molecular formula is C15H30N2O2. The average molecular weight is 270 g/mol. The van der Waals surface area contributed by atoms with Crippen molar-refractivity contribution in [3.63, 3.8) is 0 Å². The Morgan fingerprint density at radius 1 is 1.32 bits per heavy atom. The lowest BCUT2D eigenvalue weighted by atomic mass is 9.78. The van der Waals surface area contributed by atoms with Crippen LogP contribution in [0, 0.1) is 0 Å². The molecule has 0 aromatic heterocycles. The topological polar surface area (TPSA) is 44.7 Å². The Hall–Kier alpha value is -0.160. The number of hydrogen-bond donors (Lipinski definition) is 2. The Labute approximate surface area is 117 Å². The summed E-state index contributed by atoms with van der Waals surface area (Å²) in [7, 11) is 0. The predicted octanol–water partition coefficient (Wildman–Crippen LogP) is 1.38. The highest BCUT2D eigenvalue weighted by molar-refractivity contribution is 4.96. The molecule has 2 rings (SSSR count). The van der Waals surface area contributed by atoms with Crippen LogP contribution in [0.5, 0.6) is 0 Å². The fourth-order valence-corrected chi connectivity index (χ4v) is 3.52. The van der Waals surface area contributed by atoms with Crippen molar-refractivity contribution in [3.05, 3.63) is 0 Å². The van der Waals surface area contributed by atoms with Gasteiger partial charge in [0.25, 0.3) is 0 Å². The summed E-state index contributed by atoms with van der Waals surface area (Å²) in [4.78, 5) is 2.59. The van der Waals surface area contributed by atoms with Crippen LogP contribution < -0.4 is 5.32 Å². The molecule has 2 unspecified atom stereocenters. The second-order valence-corrected chi connectivity index (χ2v) is 6.12. The monoisotopic (exact) mass is 270 g/mol. The van der Waals surface area contributed by atoms with Gasteiger partial charge in [0.05, 0.1) is 13.2 Å². The zero-order chi connectivity index (χ0) is 13.6. The van der Waals surface area contributed by atoms with Crippen molar-refractivity contribution in [3.8, 4) is 0 Å². The van der Waals surface area contributed by atoms with E-state index in [0.29, 0.717) is 6.04 Å². The number of nitrogens with zero attached hydrogens (tertiary/aromatic N) is 1.